The molecule has 0 fully saturated rings. The molecule has 1 N–H and O–H groups in total. The Labute approximate surface area is 429 Å². The van der Waals surface area contributed by atoms with Crippen molar-refractivity contribution in [3.8, 4) is 44.1 Å². The lowest BCUT2D eigenvalue weighted by molar-refractivity contribution is 0.0689. The normalized spacial score (nSPS) is 15.5. The van der Waals surface area contributed by atoms with Gasteiger partial charge in [-0.05, 0) is 142 Å². The van der Waals surface area contributed by atoms with Crippen molar-refractivity contribution in [2.24, 2.45) is 0 Å². The molecule has 10 heteroatoms. The molecule has 2 aliphatic rings. The second kappa shape index (κ2) is 18.9. The maximum Gasteiger partial charge on any atom is 0.357 e. The van der Waals surface area contributed by atoms with E-state index in [0.29, 0.717) is 32.3 Å². The quantitative estimate of drug-likeness (QED) is 0.104. The van der Waals surface area contributed by atoms with Gasteiger partial charge in [0.15, 0.2) is 17.2 Å². The summed E-state index contributed by atoms with van der Waals surface area (Å²) in [5.74, 6) is -0.785. The van der Waals surface area contributed by atoms with Crippen LogP contribution in [0.1, 0.15) is 123 Å². The van der Waals surface area contributed by atoms with E-state index in [1.54, 1.807) is 29.5 Å². The minimum atomic E-state index is -1.15. The first-order chi connectivity index (χ1) is 34.6. The van der Waals surface area contributed by atoms with Crippen LogP contribution in [0.25, 0.3) is 55.8 Å². The van der Waals surface area contributed by atoms with E-state index in [1.807, 2.05) is 12.1 Å². The number of unbranched alkanes of at least 4 members (excludes halogenated alkanes) is 3. The average Bonchev–Trinajstić information content (AvgIpc) is 4.22. The van der Waals surface area contributed by atoms with Gasteiger partial charge in [0.1, 0.15) is 0 Å². The summed E-state index contributed by atoms with van der Waals surface area (Å²) in [7, 11) is 0. The van der Waals surface area contributed by atoms with Crippen LogP contribution in [0.15, 0.2) is 140 Å². The fourth-order valence-corrected chi connectivity index (χ4v) is 12.8. The van der Waals surface area contributed by atoms with Crippen LogP contribution in [-0.2, 0) is 10.8 Å². The highest BCUT2D eigenvalue weighted by Crippen LogP contribution is 2.57. The number of carboxylic acids is 1. The Morgan fingerprint density at radius 1 is 0.634 bits per heavy atom. The molecule has 3 heterocycles. The first-order valence-corrected chi connectivity index (χ1v) is 26.6. The highest BCUT2D eigenvalue weighted by Gasteiger charge is 2.43. The van der Waals surface area contributed by atoms with E-state index < -0.39 is 5.97 Å². The highest BCUT2D eigenvalue weighted by atomic mass is 35.5. The third-order valence-electron chi connectivity index (χ3n) is 15.2. The number of thiophene rings is 1. The summed E-state index contributed by atoms with van der Waals surface area (Å²) >= 11 is 14.1. The monoisotopic (exact) mass is 991 g/mol. The molecule has 0 radical (unpaired) electrons. The molecule has 0 saturated heterocycles. The van der Waals surface area contributed by atoms with Crippen LogP contribution in [0.3, 0.4) is 0 Å². The van der Waals surface area contributed by atoms with Crippen molar-refractivity contribution >= 4 is 69.3 Å². The Morgan fingerprint density at radius 2 is 1.23 bits per heavy atom. The molecule has 2 aliphatic carbocycles. The Bertz CT molecular complexity index is 3550. The summed E-state index contributed by atoms with van der Waals surface area (Å²) in [4.78, 5) is 16.9. The number of aromatic nitrogens is 4. The third-order valence-corrected chi connectivity index (χ3v) is 17.0. The molecule has 9 aromatic rings. The maximum absolute atomic E-state index is 12.6. The fourth-order valence-electron chi connectivity index (χ4n) is 11.6. The van der Waals surface area contributed by atoms with Gasteiger partial charge in [0.25, 0.3) is 0 Å². The van der Waals surface area contributed by atoms with Gasteiger partial charge in [-0.25, -0.2) is 4.79 Å². The topological polar surface area (TPSA) is 83.6 Å². The first kappa shape index (κ1) is 46.8. The molecule has 1 atom stereocenters. The van der Waals surface area contributed by atoms with E-state index in [0.717, 1.165) is 77.3 Å². The van der Waals surface area contributed by atoms with Crippen LogP contribution in [0, 0.1) is 0 Å². The fraction of sp³-hybridized carbons (Fsp3) is 0.246. The van der Waals surface area contributed by atoms with Crippen LogP contribution >= 0.6 is 34.5 Å². The lowest BCUT2D eigenvalue weighted by Gasteiger charge is -2.34. The van der Waals surface area contributed by atoms with Crippen molar-refractivity contribution in [3.63, 3.8) is 0 Å². The molecule has 71 heavy (non-hydrogen) atoms. The minimum absolute atomic E-state index is 0.0491. The molecular weight excluding hydrogens is 938 g/mol. The number of halogens is 2. The van der Waals surface area contributed by atoms with Crippen molar-refractivity contribution in [2.45, 2.75) is 96.3 Å². The van der Waals surface area contributed by atoms with E-state index in [4.69, 9.17) is 23.2 Å². The smallest absolute Gasteiger partial charge is 0.357 e. The van der Waals surface area contributed by atoms with Crippen LogP contribution in [0.5, 0.6) is 0 Å². The van der Waals surface area contributed by atoms with Crippen LogP contribution in [0.2, 0.25) is 10.0 Å². The maximum atomic E-state index is 12.6. The van der Waals surface area contributed by atoms with Gasteiger partial charge in [0, 0.05) is 43.2 Å². The largest absolute Gasteiger partial charge is 0.476 e. The Kier molecular flexibility index (Phi) is 12.4. The number of benzene rings is 6. The predicted octanol–water partition coefficient (Wildman–Crippen LogP) is 16.7. The number of fused-ring (bicyclic) bond motifs is 7. The Morgan fingerprint density at radius 3 is 1.90 bits per heavy atom. The van der Waals surface area contributed by atoms with Gasteiger partial charge in [-0.15, -0.1) is 21.5 Å². The number of carbonyl (C=O) groups is 1. The lowest BCUT2D eigenvalue weighted by Crippen LogP contribution is -2.26. The van der Waals surface area contributed by atoms with Crippen molar-refractivity contribution in [3.05, 3.63) is 188 Å². The number of anilines is 3. The predicted molar refractivity (Wildman–Crippen MR) is 293 cm³/mol. The number of aromatic carboxylic acids is 1. The van der Waals surface area contributed by atoms with E-state index in [1.165, 1.54) is 61.9 Å². The average molecular weight is 993 g/mol. The molecule has 11 rings (SSSR count). The molecule has 3 aromatic heterocycles. The number of carboxylic acid groups (broad SMARTS) is 1. The van der Waals surface area contributed by atoms with Gasteiger partial charge in [-0.2, -0.15) is 9.61 Å². The number of hydrogen-bond acceptors (Lipinski definition) is 6. The number of nitrogens with zero attached hydrogens (tertiary/aromatic N) is 5. The summed E-state index contributed by atoms with van der Waals surface area (Å²) in [5, 5.41) is 24.6. The van der Waals surface area contributed by atoms with Gasteiger partial charge < -0.3 is 10.0 Å². The molecule has 7 nitrogen and oxygen atoms in total. The van der Waals surface area contributed by atoms with E-state index in [2.05, 4.69) is 163 Å². The highest BCUT2D eigenvalue weighted by molar-refractivity contribution is 7.16. The summed E-state index contributed by atoms with van der Waals surface area (Å²) in [5.41, 5.74) is 16.3. The number of hydrogen-bond donors (Lipinski definition) is 1. The second-order valence-corrected chi connectivity index (χ2v) is 21.4. The van der Waals surface area contributed by atoms with Gasteiger partial charge in [-0.1, -0.05) is 162 Å². The van der Waals surface area contributed by atoms with E-state index in [9.17, 15) is 9.90 Å². The second-order valence-electron chi connectivity index (χ2n) is 19.5. The molecule has 6 aromatic carbocycles. The molecule has 0 amide bonds. The molecule has 0 aliphatic heterocycles. The van der Waals surface area contributed by atoms with Crippen LogP contribution in [0.4, 0.5) is 17.1 Å². The van der Waals surface area contributed by atoms with Gasteiger partial charge in [0.2, 0.25) is 0 Å². The van der Waals surface area contributed by atoms with Crippen LogP contribution in [-0.4, -0.2) is 30.9 Å². The molecule has 1 unspecified atom stereocenters. The Hall–Kier alpha value is -6.58. The zero-order valence-electron chi connectivity index (χ0n) is 40.5. The third kappa shape index (κ3) is 7.96. The van der Waals surface area contributed by atoms with Gasteiger partial charge in [-0.3, -0.25) is 0 Å². The zero-order chi connectivity index (χ0) is 49.0. The van der Waals surface area contributed by atoms with Gasteiger partial charge >= 0.3 is 5.97 Å². The summed E-state index contributed by atoms with van der Waals surface area (Å²) in [6.45, 7) is 9.37. The molecular formula is C61H55Cl2N5O2S. The lowest BCUT2D eigenvalue weighted by atomic mass is 9.71. The summed E-state index contributed by atoms with van der Waals surface area (Å²) in [6.07, 6.45) is 12.1. The van der Waals surface area contributed by atoms with Crippen molar-refractivity contribution in [1.82, 2.24) is 19.8 Å². The Balaban J connectivity index is 1.01. The summed E-state index contributed by atoms with van der Waals surface area (Å²) in [6, 6.07) is 50.7. The molecule has 356 valence electrons. The van der Waals surface area contributed by atoms with Gasteiger partial charge in [0.05, 0.1) is 15.3 Å². The first-order valence-electron chi connectivity index (χ1n) is 25.0. The number of rotatable bonds is 16. The molecule has 0 bridgehead atoms. The van der Waals surface area contributed by atoms with Crippen LogP contribution < -0.4 is 10.1 Å². The zero-order valence-corrected chi connectivity index (χ0v) is 42.8. The van der Waals surface area contributed by atoms with Crippen molar-refractivity contribution in [1.29, 1.82) is 0 Å². The summed E-state index contributed by atoms with van der Waals surface area (Å²) < 4.78 is 1.45. The van der Waals surface area contributed by atoms with E-state index >= 15 is 0 Å². The molecule has 0 saturated carbocycles. The SMILES string of the molecule is CCCCC1(C)c2ccccc2-c2ccc(N(c3ccc(-c4ccc(/C=c5/c(C(=O)O)nn6c(-c7ccc(Cl)c(Cl)c7)nnc56)s4)cc3)c3ccc4c(c3)C(CCCC)(CCCC)c3ccccc3-4)cc21. The van der Waals surface area contributed by atoms with Crippen molar-refractivity contribution < 1.29 is 9.90 Å². The van der Waals surface area contributed by atoms with Crippen molar-refractivity contribution in [2.75, 3.05) is 4.90 Å². The standard InChI is InChI=1S/C61H55Cl2N5O2S/c1-5-8-31-60(4)49-17-13-11-15-44(49)46-27-24-41(35-51(46)60)67(42-25-28-47-45-16-12-14-18-50(45)61(32-9-6-2,33-10-7-3)52(47)36-42)40-22-19-38(20-23-40)55-30-26-43(71-55)37-48-56(59(69)70)66-68-57(64-65-58(48)68)39-21-29-53(62)54(63)34-39/h11-30,34-37H,5-10,31-33H2,1-4H3,(H,69,70)/b48-37-. The molecule has 0 spiro atoms. The van der Waals surface area contributed by atoms with E-state index in [-0.39, 0.29) is 16.5 Å². The minimum Gasteiger partial charge on any atom is -0.476 e.